The molecule has 0 aromatic heterocycles. The minimum absolute atomic E-state index is 0.733. The summed E-state index contributed by atoms with van der Waals surface area (Å²) >= 11 is 1.95. The average Bonchev–Trinajstić information content (AvgIpc) is 2.46. The largest absolute Gasteiger partial charge is 0.313 e. The summed E-state index contributed by atoms with van der Waals surface area (Å²) in [6.45, 7) is 3.45. The quantitative estimate of drug-likeness (QED) is 0.860. The molecule has 2 heteroatoms. The van der Waals surface area contributed by atoms with Gasteiger partial charge < -0.3 is 5.32 Å². The van der Waals surface area contributed by atoms with E-state index >= 15 is 0 Å². The molecule has 18 heavy (non-hydrogen) atoms. The smallest absolute Gasteiger partial charge is 0.0141 e. The van der Waals surface area contributed by atoms with E-state index in [1.165, 1.54) is 31.2 Å². The second kappa shape index (κ2) is 7.20. The van der Waals surface area contributed by atoms with Crippen LogP contribution in [0.3, 0.4) is 0 Å². The summed E-state index contributed by atoms with van der Waals surface area (Å²) in [7, 11) is 0. The average molecular weight is 263 g/mol. The van der Waals surface area contributed by atoms with Crippen LogP contribution in [0.1, 0.15) is 44.1 Å². The fraction of sp³-hybridized carbons (Fsp3) is 0.625. The molecule has 0 saturated heterocycles. The van der Waals surface area contributed by atoms with Gasteiger partial charge in [0.1, 0.15) is 0 Å². The van der Waals surface area contributed by atoms with Crippen LogP contribution in [0, 0.1) is 0 Å². The molecule has 1 aromatic rings. The Hall–Kier alpha value is -0.470. The molecule has 0 amide bonds. The summed E-state index contributed by atoms with van der Waals surface area (Å²) in [6.07, 6.45) is 7.55. The molecule has 1 aliphatic carbocycles. The highest BCUT2D eigenvalue weighted by molar-refractivity contribution is 7.99. The monoisotopic (exact) mass is 263 g/mol. The zero-order chi connectivity index (χ0) is 12.8. The predicted molar refractivity (Wildman–Crippen MR) is 82.4 cm³/mol. The molecule has 0 spiro atoms. The summed E-state index contributed by atoms with van der Waals surface area (Å²) in [4.78, 5) is 0. The summed E-state index contributed by atoms with van der Waals surface area (Å²) in [5.74, 6) is 0.794. The normalized spacial score (nSPS) is 25.9. The van der Waals surface area contributed by atoms with Crippen molar-refractivity contribution in [1.29, 1.82) is 0 Å². The first kappa shape index (κ1) is 14.0. The lowest BCUT2D eigenvalue weighted by molar-refractivity contribution is 0.344. The number of hydrogen-bond acceptors (Lipinski definition) is 2. The SMILES string of the molecule is CSC(C)CNC1CCC(c2ccccc2)CC1. The third-order valence-electron chi connectivity index (χ3n) is 4.09. The molecule has 0 bridgehead atoms. The van der Waals surface area contributed by atoms with Crippen molar-refractivity contribution in [2.45, 2.75) is 49.8 Å². The molecule has 1 aromatic carbocycles. The summed E-state index contributed by atoms with van der Waals surface area (Å²) < 4.78 is 0. The van der Waals surface area contributed by atoms with Crippen molar-refractivity contribution in [3.63, 3.8) is 0 Å². The van der Waals surface area contributed by atoms with Gasteiger partial charge in [-0.15, -0.1) is 0 Å². The Morgan fingerprint density at radius 2 is 1.83 bits per heavy atom. The molecule has 1 fully saturated rings. The topological polar surface area (TPSA) is 12.0 Å². The lowest BCUT2D eigenvalue weighted by atomic mass is 9.82. The molecule has 100 valence electrons. The highest BCUT2D eigenvalue weighted by Crippen LogP contribution is 2.32. The van der Waals surface area contributed by atoms with Crippen LogP contribution in [0.4, 0.5) is 0 Å². The minimum atomic E-state index is 0.733. The Kier molecular flexibility index (Phi) is 5.58. The molecule has 1 nitrogen and oxygen atoms in total. The molecule has 1 saturated carbocycles. The molecule has 0 heterocycles. The highest BCUT2D eigenvalue weighted by atomic mass is 32.2. The summed E-state index contributed by atoms with van der Waals surface area (Å²) in [5, 5.41) is 4.46. The Morgan fingerprint density at radius 3 is 2.44 bits per heavy atom. The van der Waals surface area contributed by atoms with E-state index in [-0.39, 0.29) is 0 Å². The summed E-state index contributed by atoms with van der Waals surface area (Å²) in [5.41, 5.74) is 1.54. The van der Waals surface area contributed by atoms with Crippen molar-refractivity contribution < 1.29 is 0 Å². The van der Waals surface area contributed by atoms with Crippen LogP contribution >= 0.6 is 11.8 Å². The fourth-order valence-corrected chi connectivity index (χ4v) is 3.03. The van der Waals surface area contributed by atoms with Gasteiger partial charge in [0.25, 0.3) is 0 Å². The molecule has 1 unspecified atom stereocenters. The van der Waals surface area contributed by atoms with Crippen LogP contribution in [-0.4, -0.2) is 24.1 Å². The van der Waals surface area contributed by atoms with E-state index in [4.69, 9.17) is 0 Å². The van der Waals surface area contributed by atoms with E-state index in [1.807, 2.05) is 11.8 Å². The van der Waals surface area contributed by atoms with Crippen molar-refractivity contribution in [2.24, 2.45) is 0 Å². The minimum Gasteiger partial charge on any atom is -0.313 e. The Balaban J connectivity index is 1.75. The maximum absolute atomic E-state index is 3.72. The maximum Gasteiger partial charge on any atom is 0.0141 e. The molecule has 1 atom stereocenters. The van der Waals surface area contributed by atoms with E-state index < -0.39 is 0 Å². The molecule has 2 rings (SSSR count). The van der Waals surface area contributed by atoms with E-state index in [2.05, 4.69) is 48.8 Å². The van der Waals surface area contributed by atoms with Gasteiger partial charge in [-0.2, -0.15) is 11.8 Å². The Bertz CT molecular complexity index is 330. The van der Waals surface area contributed by atoms with Gasteiger partial charge in [0.15, 0.2) is 0 Å². The molecule has 0 aliphatic heterocycles. The van der Waals surface area contributed by atoms with Gasteiger partial charge in [0.2, 0.25) is 0 Å². The third kappa shape index (κ3) is 4.03. The van der Waals surface area contributed by atoms with E-state index in [0.29, 0.717) is 0 Å². The summed E-state index contributed by atoms with van der Waals surface area (Å²) in [6, 6.07) is 11.8. The van der Waals surface area contributed by atoms with Crippen molar-refractivity contribution in [1.82, 2.24) is 5.32 Å². The zero-order valence-corrected chi connectivity index (χ0v) is 12.4. The van der Waals surface area contributed by atoms with Gasteiger partial charge >= 0.3 is 0 Å². The van der Waals surface area contributed by atoms with Crippen LogP contribution in [0.5, 0.6) is 0 Å². The van der Waals surface area contributed by atoms with Crippen LogP contribution in [-0.2, 0) is 0 Å². The van der Waals surface area contributed by atoms with Gasteiger partial charge in [-0.1, -0.05) is 37.3 Å². The lowest BCUT2D eigenvalue weighted by Crippen LogP contribution is -2.36. The third-order valence-corrected chi connectivity index (χ3v) is 5.07. The number of hydrogen-bond donors (Lipinski definition) is 1. The van der Waals surface area contributed by atoms with Crippen molar-refractivity contribution in [3.8, 4) is 0 Å². The van der Waals surface area contributed by atoms with E-state index in [9.17, 15) is 0 Å². The number of benzene rings is 1. The van der Waals surface area contributed by atoms with Crippen molar-refractivity contribution in [3.05, 3.63) is 35.9 Å². The van der Waals surface area contributed by atoms with Gasteiger partial charge in [0, 0.05) is 17.8 Å². The van der Waals surface area contributed by atoms with Crippen molar-refractivity contribution in [2.75, 3.05) is 12.8 Å². The lowest BCUT2D eigenvalue weighted by Gasteiger charge is -2.30. The molecular weight excluding hydrogens is 238 g/mol. The molecule has 1 aliphatic rings. The predicted octanol–water partition coefficient (Wildman–Crippen LogP) is 4.05. The van der Waals surface area contributed by atoms with E-state index in [1.54, 1.807) is 0 Å². The van der Waals surface area contributed by atoms with Crippen LogP contribution in [0.2, 0.25) is 0 Å². The first-order chi connectivity index (χ1) is 8.79. The van der Waals surface area contributed by atoms with Crippen LogP contribution in [0.15, 0.2) is 30.3 Å². The number of thioether (sulfide) groups is 1. The first-order valence-electron chi connectivity index (χ1n) is 7.10. The van der Waals surface area contributed by atoms with Gasteiger partial charge in [0.05, 0.1) is 0 Å². The Morgan fingerprint density at radius 1 is 1.17 bits per heavy atom. The van der Waals surface area contributed by atoms with Gasteiger partial charge in [-0.05, 0) is 43.4 Å². The first-order valence-corrected chi connectivity index (χ1v) is 8.39. The Labute approximate surface area is 116 Å². The van der Waals surface area contributed by atoms with Crippen molar-refractivity contribution >= 4 is 11.8 Å². The van der Waals surface area contributed by atoms with Crippen LogP contribution < -0.4 is 5.32 Å². The zero-order valence-electron chi connectivity index (χ0n) is 11.6. The molecular formula is C16H25NS. The van der Waals surface area contributed by atoms with E-state index in [0.717, 1.165) is 23.8 Å². The molecule has 1 N–H and O–H groups in total. The number of rotatable bonds is 5. The maximum atomic E-state index is 3.72. The van der Waals surface area contributed by atoms with Crippen LogP contribution in [0.25, 0.3) is 0 Å². The second-order valence-electron chi connectivity index (χ2n) is 5.41. The standard InChI is InChI=1S/C16H25NS/c1-13(18-2)12-17-16-10-8-15(9-11-16)14-6-4-3-5-7-14/h3-7,13,15-17H,8-12H2,1-2H3. The highest BCUT2D eigenvalue weighted by Gasteiger charge is 2.21. The fourth-order valence-electron chi connectivity index (χ4n) is 2.77. The van der Waals surface area contributed by atoms with Gasteiger partial charge in [-0.3, -0.25) is 0 Å². The van der Waals surface area contributed by atoms with Gasteiger partial charge in [-0.25, -0.2) is 0 Å². The second-order valence-corrected chi connectivity index (χ2v) is 6.69. The molecule has 0 radical (unpaired) electrons. The number of nitrogens with one attached hydrogen (secondary N) is 1.